The fourth-order valence-corrected chi connectivity index (χ4v) is 4.89. The maximum Gasteiger partial charge on any atom is 0.317 e. The van der Waals surface area contributed by atoms with Crippen molar-refractivity contribution in [2.75, 3.05) is 13.1 Å². The summed E-state index contributed by atoms with van der Waals surface area (Å²) in [5, 5.41) is 15.0. The fraction of sp³-hybridized carbons (Fsp3) is 0.684. The lowest BCUT2D eigenvalue weighted by atomic mass is 9.85. The number of rotatable bonds is 9. The highest BCUT2D eigenvalue weighted by Crippen LogP contribution is 2.42. The van der Waals surface area contributed by atoms with Crippen LogP contribution in [0.15, 0.2) is 11.6 Å². The molecule has 3 aliphatic rings. The zero-order chi connectivity index (χ0) is 17.7. The van der Waals surface area contributed by atoms with Gasteiger partial charge in [0.1, 0.15) is 0 Å². The summed E-state index contributed by atoms with van der Waals surface area (Å²) < 4.78 is 2.24. The van der Waals surface area contributed by atoms with E-state index in [0.717, 1.165) is 36.8 Å². The van der Waals surface area contributed by atoms with E-state index in [9.17, 15) is 9.90 Å². The molecule has 0 amide bonds. The van der Waals surface area contributed by atoms with E-state index in [1.54, 1.807) is 11.3 Å². The van der Waals surface area contributed by atoms with E-state index in [-0.39, 0.29) is 6.54 Å². The number of carboxylic acids is 1. The van der Waals surface area contributed by atoms with Gasteiger partial charge in [-0.15, -0.1) is 11.3 Å². The number of hydrogen-bond acceptors (Lipinski definition) is 5. The van der Waals surface area contributed by atoms with E-state index in [1.807, 2.05) is 0 Å². The van der Waals surface area contributed by atoms with Crippen LogP contribution in [0.2, 0.25) is 0 Å². The van der Waals surface area contributed by atoms with E-state index in [2.05, 4.69) is 26.2 Å². The topological polar surface area (TPSA) is 69.9 Å². The molecule has 0 atom stereocenters. The number of aliphatic carboxylic acids is 1. The van der Waals surface area contributed by atoms with Gasteiger partial charge in [-0.05, 0) is 44.4 Å². The number of nitrogens with one attached hydrogen (secondary N) is 1. The summed E-state index contributed by atoms with van der Waals surface area (Å²) in [4.78, 5) is 19.3. The highest BCUT2D eigenvalue weighted by Gasteiger charge is 2.37. The van der Waals surface area contributed by atoms with Crippen LogP contribution in [-0.2, 0) is 11.3 Å². The Bertz CT molecular complexity index is 802. The van der Waals surface area contributed by atoms with Crippen LogP contribution in [0.1, 0.15) is 55.8 Å². The largest absolute Gasteiger partial charge is 0.480 e. The molecule has 0 aromatic carbocycles. The number of thiazole rings is 1. The van der Waals surface area contributed by atoms with Gasteiger partial charge in [-0.3, -0.25) is 14.1 Å². The van der Waals surface area contributed by atoms with Crippen LogP contribution >= 0.6 is 11.3 Å². The summed E-state index contributed by atoms with van der Waals surface area (Å²) in [6.07, 6.45) is 9.33. The van der Waals surface area contributed by atoms with Gasteiger partial charge in [0.25, 0.3) is 0 Å². The Kier molecular flexibility index (Phi) is 4.26. The van der Waals surface area contributed by atoms with Crippen LogP contribution in [0.25, 0.3) is 4.96 Å². The summed E-state index contributed by atoms with van der Waals surface area (Å²) >= 11 is 1.70. The summed E-state index contributed by atoms with van der Waals surface area (Å²) in [5.74, 6) is 0.703. The Labute approximate surface area is 157 Å². The molecule has 2 heterocycles. The van der Waals surface area contributed by atoms with E-state index < -0.39 is 5.97 Å². The molecule has 3 fully saturated rings. The van der Waals surface area contributed by atoms with Crippen molar-refractivity contribution in [1.82, 2.24) is 19.6 Å². The quantitative estimate of drug-likeness (QED) is 0.706. The summed E-state index contributed by atoms with van der Waals surface area (Å²) in [6, 6.07) is 0.922. The Morgan fingerprint density at radius 1 is 1.35 bits per heavy atom. The third-order valence-corrected chi connectivity index (χ3v) is 6.83. The second-order valence-corrected chi connectivity index (χ2v) is 9.12. The number of carboxylic acid groups (broad SMARTS) is 1. The van der Waals surface area contributed by atoms with E-state index >= 15 is 0 Å². The van der Waals surface area contributed by atoms with Gasteiger partial charge < -0.3 is 10.4 Å². The predicted octanol–water partition coefficient (Wildman–Crippen LogP) is 2.69. The molecule has 0 saturated heterocycles. The number of hydrogen-bond donors (Lipinski definition) is 2. The molecule has 0 aliphatic heterocycles. The Balaban J connectivity index is 1.18. The Hall–Kier alpha value is -1.44. The average Bonchev–Trinajstić information content (AvgIpc) is 3.47. The number of imidazole rings is 1. The highest BCUT2D eigenvalue weighted by molar-refractivity contribution is 7.15. The first-order valence-electron chi connectivity index (χ1n) is 9.81. The van der Waals surface area contributed by atoms with Crippen LogP contribution in [0.5, 0.6) is 0 Å². The van der Waals surface area contributed by atoms with Crippen molar-refractivity contribution >= 4 is 22.3 Å². The molecular formula is C19H26N4O2S. The minimum Gasteiger partial charge on any atom is -0.480 e. The molecule has 2 N–H and O–H groups in total. The van der Waals surface area contributed by atoms with Crippen LogP contribution in [0.4, 0.5) is 0 Å². The first-order valence-corrected chi connectivity index (χ1v) is 10.7. The molecular weight excluding hydrogens is 348 g/mol. The third kappa shape index (κ3) is 3.40. The van der Waals surface area contributed by atoms with Crippen molar-refractivity contribution in [2.24, 2.45) is 5.92 Å². The normalized spacial score (nSPS) is 25.7. The molecule has 6 nitrogen and oxygen atoms in total. The van der Waals surface area contributed by atoms with Crippen molar-refractivity contribution in [3.63, 3.8) is 0 Å². The minimum absolute atomic E-state index is 0.192. The van der Waals surface area contributed by atoms with Gasteiger partial charge in [0, 0.05) is 42.7 Å². The van der Waals surface area contributed by atoms with Gasteiger partial charge in [-0.25, -0.2) is 4.98 Å². The van der Waals surface area contributed by atoms with Crippen LogP contribution in [0, 0.1) is 5.92 Å². The first kappa shape index (κ1) is 16.7. The Morgan fingerprint density at radius 2 is 2.15 bits per heavy atom. The molecule has 26 heavy (non-hydrogen) atoms. The van der Waals surface area contributed by atoms with Gasteiger partial charge in [0.15, 0.2) is 4.96 Å². The van der Waals surface area contributed by atoms with Crippen molar-refractivity contribution in [2.45, 2.75) is 63.1 Å². The maximum atomic E-state index is 11.2. The number of nitrogens with zero attached hydrogens (tertiary/aromatic N) is 3. The zero-order valence-electron chi connectivity index (χ0n) is 14.9. The molecule has 3 saturated carbocycles. The molecule has 2 aromatic heterocycles. The van der Waals surface area contributed by atoms with Crippen LogP contribution < -0.4 is 5.32 Å². The number of aromatic nitrogens is 2. The molecule has 7 heteroatoms. The number of carbonyl (C=O) groups is 1. The van der Waals surface area contributed by atoms with Crippen LogP contribution in [-0.4, -0.2) is 50.5 Å². The van der Waals surface area contributed by atoms with Crippen molar-refractivity contribution in [3.8, 4) is 0 Å². The molecule has 5 rings (SSSR count). The van der Waals surface area contributed by atoms with Gasteiger partial charge in [-0.2, -0.15) is 0 Å². The van der Waals surface area contributed by atoms with Gasteiger partial charge in [0.05, 0.1) is 17.9 Å². The highest BCUT2D eigenvalue weighted by atomic mass is 32.1. The minimum atomic E-state index is -0.699. The molecule has 2 aromatic rings. The number of fused-ring (bicyclic) bond motifs is 1. The van der Waals surface area contributed by atoms with Crippen LogP contribution in [0.3, 0.4) is 0 Å². The van der Waals surface area contributed by atoms with Gasteiger partial charge >= 0.3 is 5.97 Å². The molecule has 0 radical (unpaired) electrons. The van der Waals surface area contributed by atoms with E-state index in [1.165, 1.54) is 37.1 Å². The van der Waals surface area contributed by atoms with Crippen molar-refractivity contribution < 1.29 is 9.90 Å². The second-order valence-electron chi connectivity index (χ2n) is 8.24. The molecule has 0 spiro atoms. The smallest absolute Gasteiger partial charge is 0.317 e. The summed E-state index contributed by atoms with van der Waals surface area (Å²) in [6.45, 7) is 2.02. The zero-order valence-corrected chi connectivity index (χ0v) is 15.7. The second kappa shape index (κ2) is 6.62. The van der Waals surface area contributed by atoms with Crippen molar-refractivity contribution in [1.29, 1.82) is 0 Å². The summed E-state index contributed by atoms with van der Waals surface area (Å²) in [7, 11) is 0. The average molecular weight is 375 g/mol. The van der Waals surface area contributed by atoms with E-state index in [4.69, 9.17) is 4.98 Å². The van der Waals surface area contributed by atoms with Gasteiger partial charge in [0.2, 0.25) is 0 Å². The molecule has 3 aliphatic carbocycles. The molecule has 140 valence electrons. The monoisotopic (exact) mass is 374 g/mol. The standard InChI is InChI=1S/C19H26N4O2S/c24-17(25)11-22(10-12-1-2-12)15-7-14(8-15)20-9-16-18(13-3-4-13)21-19-23(16)5-6-26-19/h5-6,12-15,20H,1-4,7-11H2,(H,24,25). The van der Waals surface area contributed by atoms with Crippen molar-refractivity contribution in [3.05, 3.63) is 23.0 Å². The fourth-order valence-electron chi connectivity index (χ4n) is 4.15. The van der Waals surface area contributed by atoms with Gasteiger partial charge in [-0.1, -0.05) is 0 Å². The lowest BCUT2D eigenvalue weighted by molar-refractivity contribution is -0.139. The lowest BCUT2D eigenvalue weighted by Gasteiger charge is -2.43. The molecule has 0 bridgehead atoms. The lowest BCUT2D eigenvalue weighted by Crippen LogP contribution is -2.54. The molecule has 0 unspecified atom stereocenters. The first-order chi connectivity index (χ1) is 12.7. The third-order valence-electron chi connectivity index (χ3n) is 6.07. The Morgan fingerprint density at radius 3 is 2.85 bits per heavy atom. The van der Waals surface area contributed by atoms with E-state index in [0.29, 0.717) is 18.0 Å². The SMILES string of the molecule is O=C(O)CN(CC1CC1)C1CC(NCc2c(C3CC3)nc3sccn23)C1. The maximum absolute atomic E-state index is 11.2. The summed E-state index contributed by atoms with van der Waals surface area (Å²) in [5.41, 5.74) is 2.62. The predicted molar refractivity (Wildman–Crippen MR) is 101 cm³/mol.